The van der Waals surface area contributed by atoms with Crippen LogP contribution in [0.2, 0.25) is 0 Å². The van der Waals surface area contributed by atoms with Gasteiger partial charge < -0.3 is 10.2 Å². The molecular formula is C20H28F2N4O. The third-order valence-corrected chi connectivity index (χ3v) is 6.30. The van der Waals surface area contributed by atoms with Crippen molar-refractivity contribution >= 4 is 11.7 Å². The summed E-state index contributed by atoms with van der Waals surface area (Å²) in [5.41, 5.74) is 0.755. The van der Waals surface area contributed by atoms with E-state index in [0.717, 1.165) is 44.5 Å². The minimum absolute atomic E-state index is 0.0163. The number of aromatic nitrogens is 2. The Morgan fingerprint density at radius 2 is 2.11 bits per heavy atom. The van der Waals surface area contributed by atoms with Gasteiger partial charge in [0.05, 0.1) is 5.69 Å². The van der Waals surface area contributed by atoms with Crippen LogP contribution in [-0.4, -0.2) is 46.1 Å². The fourth-order valence-electron chi connectivity index (χ4n) is 4.78. The lowest BCUT2D eigenvalue weighted by atomic mass is 9.84. The second-order valence-electron chi connectivity index (χ2n) is 8.19. The highest BCUT2D eigenvalue weighted by Crippen LogP contribution is 2.37. The Bertz CT molecular complexity index is 709. The van der Waals surface area contributed by atoms with Gasteiger partial charge in [0, 0.05) is 31.6 Å². The number of fused-ring (bicyclic) bond motifs is 1. The number of halogens is 2. The second kappa shape index (κ2) is 7.60. The van der Waals surface area contributed by atoms with Crippen LogP contribution < -0.4 is 5.32 Å². The molecule has 0 aromatic carbocycles. The van der Waals surface area contributed by atoms with Crippen molar-refractivity contribution in [1.82, 2.24) is 14.7 Å². The minimum Gasteiger partial charge on any atom is -0.367 e. The number of hydrogen-bond donors (Lipinski definition) is 1. The monoisotopic (exact) mass is 378 g/mol. The standard InChI is InChI=1S/C20H28F2N4O/c1-13-10-18-23-16(12-17(20(21)22)26(18)24-13)15-6-8-25(9-7-15)19(27)11-14-4-2-3-5-14/h2,4,10,14-17,20,23H,3,5-9,11-12H2,1H3/t14-,16+,17-/m1/s1. The van der Waals surface area contributed by atoms with Gasteiger partial charge in [0.25, 0.3) is 6.43 Å². The van der Waals surface area contributed by atoms with Gasteiger partial charge >= 0.3 is 0 Å². The number of anilines is 1. The van der Waals surface area contributed by atoms with Crippen molar-refractivity contribution in [1.29, 1.82) is 0 Å². The Morgan fingerprint density at radius 1 is 1.33 bits per heavy atom. The Balaban J connectivity index is 1.35. The maximum Gasteiger partial charge on any atom is 0.260 e. The third kappa shape index (κ3) is 3.87. The first kappa shape index (κ1) is 18.4. The predicted molar refractivity (Wildman–Crippen MR) is 99.8 cm³/mol. The highest BCUT2D eigenvalue weighted by Gasteiger charge is 2.38. The quantitative estimate of drug-likeness (QED) is 0.812. The number of carbonyl (C=O) groups is 1. The van der Waals surface area contributed by atoms with Crippen LogP contribution in [-0.2, 0) is 4.79 Å². The van der Waals surface area contributed by atoms with E-state index in [1.807, 2.05) is 17.9 Å². The summed E-state index contributed by atoms with van der Waals surface area (Å²) in [6.45, 7) is 3.29. The van der Waals surface area contributed by atoms with E-state index >= 15 is 0 Å². The van der Waals surface area contributed by atoms with Crippen molar-refractivity contribution in [3.05, 3.63) is 23.9 Å². The molecule has 3 aliphatic rings. The molecule has 0 radical (unpaired) electrons. The molecule has 0 spiro atoms. The maximum absolute atomic E-state index is 13.6. The first-order valence-corrected chi connectivity index (χ1v) is 10.1. The highest BCUT2D eigenvalue weighted by molar-refractivity contribution is 5.76. The second-order valence-corrected chi connectivity index (χ2v) is 8.19. The summed E-state index contributed by atoms with van der Waals surface area (Å²) in [6.07, 6.45) is 6.78. The number of rotatable bonds is 4. The smallest absolute Gasteiger partial charge is 0.260 e. The molecule has 7 heteroatoms. The van der Waals surface area contributed by atoms with Crippen molar-refractivity contribution in [2.24, 2.45) is 11.8 Å². The zero-order chi connectivity index (χ0) is 19.0. The van der Waals surface area contributed by atoms with Crippen LogP contribution in [0.25, 0.3) is 0 Å². The van der Waals surface area contributed by atoms with E-state index in [0.29, 0.717) is 30.5 Å². The van der Waals surface area contributed by atoms with Gasteiger partial charge in [0.1, 0.15) is 11.9 Å². The van der Waals surface area contributed by atoms with Gasteiger partial charge in [0.15, 0.2) is 0 Å². The summed E-state index contributed by atoms with van der Waals surface area (Å²) in [7, 11) is 0. The highest BCUT2D eigenvalue weighted by atomic mass is 19.3. The molecule has 0 bridgehead atoms. The minimum atomic E-state index is -2.42. The summed E-state index contributed by atoms with van der Waals surface area (Å²) in [6, 6.07) is 0.992. The van der Waals surface area contributed by atoms with E-state index in [2.05, 4.69) is 22.6 Å². The van der Waals surface area contributed by atoms with Crippen molar-refractivity contribution in [2.45, 2.75) is 64.0 Å². The van der Waals surface area contributed by atoms with E-state index in [-0.39, 0.29) is 11.9 Å². The van der Waals surface area contributed by atoms with E-state index in [9.17, 15) is 13.6 Å². The lowest BCUT2D eigenvalue weighted by molar-refractivity contribution is -0.133. The number of carbonyl (C=O) groups excluding carboxylic acids is 1. The molecule has 1 aromatic rings. The molecule has 1 saturated heterocycles. The Hall–Kier alpha value is -1.92. The summed E-state index contributed by atoms with van der Waals surface area (Å²) in [4.78, 5) is 14.5. The Kier molecular flexibility index (Phi) is 5.19. The largest absolute Gasteiger partial charge is 0.367 e. The summed E-state index contributed by atoms with van der Waals surface area (Å²) in [5.74, 6) is 1.64. The molecule has 1 N–H and O–H groups in total. The predicted octanol–water partition coefficient (Wildman–Crippen LogP) is 3.78. The number of likely N-dealkylation sites (tertiary alicyclic amines) is 1. The molecule has 1 fully saturated rings. The number of aryl methyl sites for hydroxylation is 1. The van der Waals surface area contributed by atoms with Gasteiger partial charge in [-0.1, -0.05) is 12.2 Å². The molecule has 0 unspecified atom stereocenters. The molecular weight excluding hydrogens is 350 g/mol. The number of hydrogen-bond acceptors (Lipinski definition) is 3. The first-order valence-electron chi connectivity index (χ1n) is 10.1. The molecule has 1 amide bonds. The maximum atomic E-state index is 13.6. The van der Waals surface area contributed by atoms with Crippen LogP contribution in [0.1, 0.15) is 50.3 Å². The van der Waals surface area contributed by atoms with Gasteiger partial charge in [-0.3, -0.25) is 4.79 Å². The van der Waals surface area contributed by atoms with E-state index < -0.39 is 12.5 Å². The van der Waals surface area contributed by atoms with Crippen molar-refractivity contribution in [3.63, 3.8) is 0 Å². The molecule has 0 saturated carbocycles. The fourth-order valence-corrected chi connectivity index (χ4v) is 4.78. The van der Waals surface area contributed by atoms with Crippen LogP contribution >= 0.6 is 0 Å². The van der Waals surface area contributed by atoms with Crippen LogP contribution in [0, 0.1) is 18.8 Å². The third-order valence-electron chi connectivity index (χ3n) is 6.30. The molecule has 2 aliphatic heterocycles. The van der Waals surface area contributed by atoms with Crippen LogP contribution in [0.15, 0.2) is 18.2 Å². The molecule has 4 rings (SSSR count). The molecule has 148 valence electrons. The molecule has 3 heterocycles. The topological polar surface area (TPSA) is 50.2 Å². The number of nitrogens with one attached hydrogen (secondary N) is 1. The molecule has 5 nitrogen and oxygen atoms in total. The van der Waals surface area contributed by atoms with Crippen LogP contribution in [0.5, 0.6) is 0 Å². The number of piperidine rings is 1. The molecule has 1 aromatic heterocycles. The number of allylic oxidation sites excluding steroid dienone is 2. The Morgan fingerprint density at radius 3 is 2.78 bits per heavy atom. The van der Waals surface area contributed by atoms with Gasteiger partial charge in [-0.25, -0.2) is 13.5 Å². The zero-order valence-corrected chi connectivity index (χ0v) is 15.8. The number of amides is 1. The van der Waals surface area contributed by atoms with Crippen LogP contribution in [0.4, 0.5) is 14.6 Å². The van der Waals surface area contributed by atoms with E-state index in [1.54, 1.807) is 0 Å². The van der Waals surface area contributed by atoms with Gasteiger partial charge in [-0.05, 0) is 50.9 Å². The molecule has 3 atom stereocenters. The normalized spacial score (nSPS) is 28.4. The fraction of sp³-hybridized carbons (Fsp3) is 0.700. The average molecular weight is 378 g/mol. The lowest BCUT2D eigenvalue weighted by Gasteiger charge is -2.40. The lowest BCUT2D eigenvalue weighted by Crippen LogP contribution is -2.46. The number of alkyl halides is 2. The van der Waals surface area contributed by atoms with E-state index in [1.165, 1.54) is 4.68 Å². The summed E-state index contributed by atoms with van der Waals surface area (Å²) >= 11 is 0. The SMILES string of the molecule is Cc1cc2n(n1)[C@@H](C(F)F)C[C@@H](C1CCN(C(=O)C[C@@H]3C=CCC3)CC1)N2. The van der Waals surface area contributed by atoms with Crippen molar-refractivity contribution < 1.29 is 13.6 Å². The van der Waals surface area contributed by atoms with Crippen LogP contribution in [0.3, 0.4) is 0 Å². The van der Waals surface area contributed by atoms with Crippen molar-refractivity contribution in [2.75, 3.05) is 18.4 Å². The van der Waals surface area contributed by atoms with E-state index in [4.69, 9.17) is 0 Å². The summed E-state index contributed by atoms with van der Waals surface area (Å²) in [5, 5.41) is 7.66. The molecule has 27 heavy (non-hydrogen) atoms. The molecule has 1 aliphatic carbocycles. The van der Waals surface area contributed by atoms with Gasteiger partial charge in [0.2, 0.25) is 5.91 Å². The average Bonchev–Trinajstić information content (AvgIpc) is 3.29. The van der Waals surface area contributed by atoms with Gasteiger partial charge in [-0.2, -0.15) is 5.10 Å². The summed E-state index contributed by atoms with van der Waals surface area (Å²) < 4.78 is 28.6. The zero-order valence-electron chi connectivity index (χ0n) is 15.8. The number of nitrogens with zero attached hydrogens (tertiary/aromatic N) is 3. The van der Waals surface area contributed by atoms with Crippen molar-refractivity contribution in [3.8, 4) is 0 Å². The Labute approximate surface area is 158 Å². The first-order chi connectivity index (χ1) is 13.0. The van der Waals surface area contributed by atoms with Gasteiger partial charge in [-0.15, -0.1) is 0 Å².